The van der Waals surface area contributed by atoms with Gasteiger partial charge in [-0.1, -0.05) is 25.0 Å². The molecule has 2 amide bonds. The van der Waals surface area contributed by atoms with Crippen LogP contribution in [0.1, 0.15) is 57.1 Å². The maximum atomic E-state index is 13.1. The number of carbonyl (C=O) groups excluding carboxylic acids is 2. The molecule has 2 atom stereocenters. The highest BCUT2D eigenvalue weighted by molar-refractivity contribution is 5.81. The van der Waals surface area contributed by atoms with Crippen molar-refractivity contribution in [2.24, 2.45) is 5.92 Å². The summed E-state index contributed by atoms with van der Waals surface area (Å²) in [6.45, 7) is 1.75. The second-order valence-electron chi connectivity index (χ2n) is 6.86. The Morgan fingerprint density at radius 3 is 2.31 bits per heavy atom. The van der Waals surface area contributed by atoms with Crippen LogP contribution in [0.15, 0.2) is 24.3 Å². The number of halogens is 1. The van der Waals surface area contributed by atoms with Crippen molar-refractivity contribution in [1.82, 2.24) is 10.6 Å². The molecule has 1 aliphatic rings. The maximum absolute atomic E-state index is 13.1. The highest BCUT2D eigenvalue weighted by atomic mass is 19.1. The zero-order chi connectivity index (χ0) is 19.1. The molecule has 0 heterocycles. The normalized spacial score (nSPS) is 16.7. The molecule has 0 spiro atoms. The van der Waals surface area contributed by atoms with Gasteiger partial charge in [0.1, 0.15) is 5.82 Å². The Morgan fingerprint density at radius 1 is 1.12 bits per heavy atom. The van der Waals surface area contributed by atoms with E-state index in [1.165, 1.54) is 24.3 Å². The molecule has 1 aliphatic carbocycles. The van der Waals surface area contributed by atoms with Crippen molar-refractivity contribution < 1.29 is 23.9 Å². The molecule has 2 rings (SSSR count). The summed E-state index contributed by atoms with van der Waals surface area (Å²) in [7, 11) is 0. The molecule has 3 N–H and O–H groups in total. The first-order chi connectivity index (χ1) is 12.3. The van der Waals surface area contributed by atoms with Crippen LogP contribution in [0.2, 0.25) is 0 Å². The topological polar surface area (TPSA) is 95.5 Å². The van der Waals surface area contributed by atoms with Gasteiger partial charge in [0, 0.05) is 18.4 Å². The number of nitrogens with one attached hydrogen (secondary N) is 2. The Morgan fingerprint density at radius 2 is 1.73 bits per heavy atom. The Bertz CT molecular complexity index is 641. The molecule has 142 valence electrons. The predicted molar refractivity (Wildman–Crippen MR) is 93.7 cm³/mol. The van der Waals surface area contributed by atoms with Crippen molar-refractivity contribution in [3.63, 3.8) is 0 Å². The number of rotatable bonds is 8. The third kappa shape index (κ3) is 6.13. The first-order valence-electron chi connectivity index (χ1n) is 8.92. The van der Waals surface area contributed by atoms with Crippen LogP contribution in [-0.4, -0.2) is 28.9 Å². The van der Waals surface area contributed by atoms with E-state index in [1.54, 1.807) is 6.92 Å². The summed E-state index contributed by atoms with van der Waals surface area (Å²) in [6, 6.07) is 4.25. The molecule has 0 saturated heterocycles. The lowest BCUT2D eigenvalue weighted by atomic mass is 10.0. The van der Waals surface area contributed by atoms with E-state index in [0.717, 1.165) is 25.7 Å². The van der Waals surface area contributed by atoms with E-state index in [-0.39, 0.29) is 36.6 Å². The summed E-state index contributed by atoms with van der Waals surface area (Å²) in [5, 5.41) is 14.6. The van der Waals surface area contributed by atoms with Crippen LogP contribution in [0.5, 0.6) is 0 Å². The average molecular weight is 364 g/mol. The van der Waals surface area contributed by atoms with Gasteiger partial charge < -0.3 is 15.7 Å². The second kappa shape index (κ2) is 9.31. The molecule has 0 aliphatic heterocycles. The van der Waals surface area contributed by atoms with Crippen molar-refractivity contribution in [3.05, 3.63) is 35.6 Å². The van der Waals surface area contributed by atoms with Gasteiger partial charge in [0.05, 0.1) is 12.5 Å². The lowest BCUT2D eigenvalue weighted by molar-refractivity contribution is -0.137. The lowest BCUT2D eigenvalue weighted by Crippen LogP contribution is -2.40. The van der Waals surface area contributed by atoms with Crippen LogP contribution < -0.4 is 10.6 Å². The predicted octanol–water partition coefficient (Wildman–Crippen LogP) is 2.54. The Balaban J connectivity index is 1.90. The molecule has 1 aromatic carbocycles. The van der Waals surface area contributed by atoms with Crippen LogP contribution >= 0.6 is 0 Å². The quantitative estimate of drug-likeness (QED) is 0.660. The fourth-order valence-electron chi connectivity index (χ4n) is 3.25. The Kier molecular flexibility index (Phi) is 7.12. The molecular weight excluding hydrogens is 339 g/mol. The van der Waals surface area contributed by atoms with Crippen molar-refractivity contribution in [1.29, 1.82) is 0 Å². The molecule has 6 nitrogen and oxygen atoms in total. The molecule has 1 fully saturated rings. The van der Waals surface area contributed by atoms with Crippen LogP contribution in [0, 0.1) is 11.7 Å². The first-order valence-corrected chi connectivity index (χ1v) is 8.92. The minimum absolute atomic E-state index is 0.0246. The fourth-order valence-corrected chi connectivity index (χ4v) is 3.25. The van der Waals surface area contributed by atoms with Gasteiger partial charge in [0.15, 0.2) is 0 Å². The molecule has 2 unspecified atom stereocenters. The van der Waals surface area contributed by atoms with Crippen molar-refractivity contribution in [3.8, 4) is 0 Å². The van der Waals surface area contributed by atoms with E-state index in [1.807, 2.05) is 0 Å². The number of hydrogen-bond donors (Lipinski definition) is 3. The highest BCUT2D eigenvalue weighted by Gasteiger charge is 2.25. The number of hydrogen-bond acceptors (Lipinski definition) is 3. The third-order valence-corrected chi connectivity index (χ3v) is 4.59. The van der Waals surface area contributed by atoms with Gasteiger partial charge in [0.2, 0.25) is 11.8 Å². The van der Waals surface area contributed by atoms with E-state index in [4.69, 9.17) is 5.11 Å². The largest absolute Gasteiger partial charge is 0.481 e. The molecule has 26 heavy (non-hydrogen) atoms. The summed E-state index contributed by atoms with van der Waals surface area (Å²) in [5.41, 5.74) is 0.518. The van der Waals surface area contributed by atoms with Gasteiger partial charge in [-0.25, -0.2) is 4.39 Å². The smallest absolute Gasteiger partial charge is 0.305 e. The summed E-state index contributed by atoms with van der Waals surface area (Å²) in [4.78, 5) is 35.4. The monoisotopic (exact) mass is 364 g/mol. The molecule has 0 bridgehead atoms. The fraction of sp³-hybridized carbons (Fsp3) is 0.526. The summed E-state index contributed by atoms with van der Waals surface area (Å²) >= 11 is 0. The number of carboxylic acid groups (broad SMARTS) is 1. The van der Waals surface area contributed by atoms with Gasteiger partial charge in [0.25, 0.3) is 0 Å². The first kappa shape index (κ1) is 19.9. The summed E-state index contributed by atoms with van der Waals surface area (Å²) in [6.07, 6.45) is 3.63. The molecule has 1 aromatic rings. The molecule has 0 aromatic heterocycles. The van der Waals surface area contributed by atoms with E-state index in [2.05, 4.69) is 10.6 Å². The summed E-state index contributed by atoms with van der Waals surface area (Å²) in [5.74, 6) is -1.86. The molecular formula is C19H25FN2O4. The maximum Gasteiger partial charge on any atom is 0.305 e. The van der Waals surface area contributed by atoms with Gasteiger partial charge in [-0.3, -0.25) is 14.4 Å². The number of carbonyl (C=O) groups is 3. The molecule has 0 radical (unpaired) electrons. The zero-order valence-electron chi connectivity index (χ0n) is 14.8. The van der Waals surface area contributed by atoms with Crippen molar-refractivity contribution in [2.75, 3.05) is 0 Å². The van der Waals surface area contributed by atoms with Crippen LogP contribution in [0.4, 0.5) is 4.39 Å². The number of amides is 2. The van der Waals surface area contributed by atoms with Gasteiger partial charge in [-0.15, -0.1) is 0 Å². The van der Waals surface area contributed by atoms with E-state index < -0.39 is 17.8 Å². The minimum atomic E-state index is -1.07. The van der Waals surface area contributed by atoms with Gasteiger partial charge in [-0.05, 0) is 37.5 Å². The van der Waals surface area contributed by atoms with Gasteiger partial charge in [-0.2, -0.15) is 0 Å². The molecule has 7 heteroatoms. The van der Waals surface area contributed by atoms with E-state index in [0.29, 0.717) is 5.56 Å². The standard InChI is InChI=1S/C19H25FN2O4/c1-12(21-19(26)14-4-2-3-5-14)10-17(23)22-16(11-18(24)25)13-6-8-15(20)9-7-13/h6-9,12,14,16H,2-5,10-11H2,1H3,(H,21,26)(H,22,23)(H,24,25). The summed E-state index contributed by atoms with van der Waals surface area (Å²) < 4.78 is 13.1. The van der Waals surface area contributed by atoms with Crippen LogP contribution in [0.25, 0.3) is 0 Å². The van der Waals surface area contributed by atoms with Crippen molar-refractivity contribution in [2.45, 2.75) is 57.5 Å². The van der Waals surface area contributed by atoms with Crippen LogP contribution in [-0.2, 0) is 14.4 Å². The van der Waals surface area contributed by atoms with E-state index in [9.17, 15) is 18.8 Å². The lowest BCUT2D eigenvalue weighted by Gasteiger charge is -2.20. The van der Waals surface area contributed by atoms with Gasteiger partial charge >= 0.3 is 5.97 Å². The molecule has 1 saturated carbocycles. The Hall–Kier alpha value is -2.44. The SMILES string of the molecule is CC(CC(=O)NC(CC(=O)O)c1ccc(F)cc1)NC(=O)C1CCCC1. The van der Waals surface area contributed by atoms with E-state index >= 15 is 0 Å². The number of benzene rings is 1. The highest BCUT2D eigenvalue weighted by Crippen LogP contribution is 2.25. The number of aliphatic carboxylic acids is 1. The van der Waals surface area contributed by atoms with Crippen molar-refractivity contribution >= 4 is 17.8 Å². The average Bonchev–Trinajstić information content (AvgIpc) is 3.08. The zero-order valence-corrected chi connectivity index (χ0v) is 14.8. The number of carboxylic acids is 1. The van der Waals surface area contributed by atoms with Crippen LogP contribution in [0.3, 0.4) is 0 Å². The minimum Gasteiger partial charge on any atom is -0.481 e. The third-order valence-electron chi connectivity index (χ3n) is 4.59. The second-order valence-corrected chi connectivity index (χ2v) is 6.86. The Labute approximate surface area is 152 Å².